The molecule has 0 spiro atoms. The standard InChI is InChI=1S/C18H22BrNO/c1-13-10-17(19)8-9-18(13)21-12-15-4-6-16(7-5-15)14(2)11-20-3/h4-10,14,20H,11-12H2,1-3H3. The molecule has 2 nitrogen and oxygen atoms in total. The number of ether oxygens (including phenoxy) is 1. The molecule has 0 aromatic heterocycles. The molecule has 0 saturated carbocycles. The first-order valence-electron chi connectivity index (χ1n) is 7.22. The third-order valence-electron chi connectivity index (χ3n) is 3.59. The summed E-state index contributed by atoms with van der Waals surface area (Å²) in [7, 11) is 1.99. The van der Waals surface area contributed by atoms with Crippen molar-refractivity contribution in [3.8, 4) is 5.75 Å². The van der Waals surface area contributed by atoms with Crippen molar-refractivity contribution in [3.63, 3.8) is 0 Å². The highest BCUT2D eigenvalue weighted by molar-refractivity contribution is 9.10. The first-order valence-corrected chi connectivity index (χ1v) is 8.02. The topological polar surface area (TPSA) is 21.3 Å². The summed E-state index contributed by atoms with van der Waals surface area (Å²) < 4.78 is 6.97. The quantitative estimate of drug-likeness (QED) is 0.820. The van der Waals surface area contributed by atoms with Gasteiger partial charge in [0, 0.05) is 11.0 Å². The largest absolute Gasteiger partial charge is 0.489 e. The van der Waals surface area contributed by atoms with Gasteiger partial charge < -0.3 is 10.1 Å². The number of nitrogens with one attached hydrogen (secondary N) is 1. The number of aryl methyl sites for hydroxylation is 1. The second kappa shape index (κ2) is 7.62. The molecule has 2 aromatic rings. The fraction of sp³-hybridized carbons (Fsp3) is 0.333. The summed E-state index contributed by atoms with van der Waals surface area (Å²) >= 11 is 3.47. The lowest BCUT2D eigenvalue weighted by Gasteiger charge is -2.13. The molecule has 0 aliphatic carbocycles. The molecule has 0 bridgehead atoms. The Balaban J connectivity index is 1.97. The SMILES string of the molecule is CNCC(C)c1ccc(COc2ccc(Br)cc2C)cc1. The Morgan fingerprint density at radius 1 is 1.14 bits per heavy atom. The number of hydrogen-bond acceptors (Lipinski definition) is 2. The predicted octanol–water partition coefficient (Wildman–Crippen LogP) is 4.66. The maximum absolute atomic E-state index is 5.89. The smallest absolute Gasteiger partial charge is 0.122 e. The fourth-order valence-electron chi connectivity index (χ4n) is 2.30. The first-order chi connectivity index (χ1) is 10.1. The van der Waals surface area contributed by atoms with Crippen LogP contribution in [0.1, 0.15) is 29.5 Å². The van der Waals surface area contributed by atoms with Gasteiger partial charge in [-0.1, -0.05) is 47.1 Å². The molecule has 0 radical (unpaired) electrons. The third-order valence-corrected chi connectivity index (χ3v) is 4.08. The van der Waals surface area contributed by atoms with Crippen molar-refractivity contribution in [2.24, 2.45) is 0 Å². The van der Waals surface area contributed by atoms with Crippen molar-refractivity contribution in [3.05, 3.63) is 63.6 Å². The highest BCUT2D eigenvalue weighted by Crippen LogP contribution is 2.23. The Kier molecular flexibility index (Phi) is 5.83. The number of likely N-dealkylation sites (N-methyl/N-ethyl adjacent to an activating group) is 1. The van der Waals surface area contributed by atoms with Crippen LogP contribution in [0.2, 0.25) is 0 Å². The van der Waals surface area contributed by atoms with E-state index in [9.17, 15) is 0 Å². The van der Waals surface area contributed by atoms with Crippen LogP contribution in [0, 0.1) is 6.92 Å². The van der Waals surface area contributed by atoms with Crippen LogP contribution >= 0.6 is 15.9 Å². The zero-order valence-corrected chi connectivity index (χ0v) is 14.4. The maximum atomic E-state index is 5.89. The molecule has 0 aliphatic rings. The molecule has 0 saturated heterocycles. The van der Waals surface area contributed by atoms with Gasteiger partial charge in [0.15, 0.2) is 0 Å². The Bertz CT molecular complexity index is 580. The predicted molar refractivity (Wildman–Crippen MR) is 92.0 cm³/mol. The summed E-state index contributed by atoms with van der Waals surface area (Å²) in [6, 6.07) is 14.8. The van der Waals surface area contributed by atoms with Crippen molar-refractivity contribution in [1.29, 1.82) is 0 Å². The van der Waals surface area contributed by atoms with Gasteiger partial charge in [-0.25, -0.2) is 0 Å². The van der Waals surface area contributed by atoms with Crippen molar-refractivity contribution in [2.45, 2.75) is 26.4 Å². The third kappa shape index (κ3) is 4.58. The second-order valence-corrected chi connectivity index (χ2v) is 6.31. The van der Waals surface area contributed by atoms with Crippen LogP contribution in [0.4, 0.5) is 0 Å². The van der Waals surface area contributed by atoms with E-state index in [0.29, 0.717) is 12.5 Å². The van der Waals surface area contributed by atoms with Gasteiger partial charge in [0.2, 0.25) is 0 Å². The minimum absolute atomic E-state index is 0.527. The van der Waals surface area contributed by atoms with E-state index in [1.807, 2.05) is 19.2 Å². The van der Waals surface area contributed by atoms with E-state index in [-0.39, 0.29) is 0 Å². The molecule has 1 N–H and O–H groups in total. The van der Waals surface area contributed by atoms with Crippen molar-refractivity contribution >= 4 is 15.9 Å². The molecule has 2 rings (SSSR count). The molecule has 0 heterocycles. The minimum Gasteiger partial charge on any atom is -0.489 e. The van der Waals surface area contributed by atoms with Crippen LogP contribution in [0.5, 0.6) is 5.75 Å². The Morgan fingerprint density at radius 2 is 1.86 bits per heavy atom. The Labute approximate surface area is 135 Å². The summed E-state index contributed by atoms with van der Waals surface area (Å²) in [6.07, 6.45) is 0. The normalized spacial score (nSPS) is 12.2. The van der Waals surface area contributed by atoms with Crippen molar-refractivity contribution < 1.29 is 4.74 Å². The van der Waals surface area contributed by atoms with Gasteiger partial charge in [0.25, 0.3) is 0 Å². The lowest BCUT2D eigenvalue weighted by molar-refractivity contribution is 0.304. The summed E-state index contributed by atoms with van der Waals surface area (Å²) in [5.41, 5.74) is 3.69. The van der Waals surface area contributed by atoms with E-state index in [1.165, 1.54) is 11.1 Å². The summed E-state index contributed by atoms with van der Waals surface area (Å²) in [5, 5.41) is 3.21. The van der Waals surface area contributed by atoms with Crippen molar-refractivity contribution in [2.75, 3.05) is 13.6 Å². The first kappa shape index (κ1) is 16.1. The number of halogens is 1. The monoisotopic (exact) mass is 347 g/mol. The van der Waals surface area contributed by atoms with Crippen LogP contribution in [-0.2, 0) is 6.61 Å². The lowest BCUT2D eigenvalue weighted by Crippen LogP contribution is -2.14. The summed E-state index contributed by atoms with van der Waals surface area (Å²) in [4.78, 5) is 0. The fourth-order valence-corrected chi connectivity index (χ4v) is 2.78. The van der Waals surface area contributed by atoms with E-state index in [1.54, 1.807) is 0 Å². The Hall–Kier alpha value is -1.32. The summed E-state index contributed by atoms with van der Waals surface area (Å²) in [5.74, 6) is 1.46. The average Bonchev–Trinajstić information content (AvgIpc) is 2.47. The van der Waals surface area contributed by atoms with E-state index in [2.05, 4.69) is 65.4 Å². The lowest BCUT2D eigenvalue weighted by atomic mass is 10.00. The van der Waals surface area contributed by atoms with Crippen LogP contribution in [-0.4, -0.2) is 13.6 Å². The van der Waals surface area contributed by atoms with Crippen molar-refractivity contribution in [1.82, 2.24) is 5.32 Å². The van der Waals surface area contributed by atoms with E-state index in [0.717, 1.165) is 22.3 Å². The number of benzene rings is 2. The molecule has 1 unspecified atom stereocenters. The molecule has 112 valence electrons. The molecule has 2 aromatic carbocycles. The van der Waals surface area contributed by atoms with Gasteiger partial charge in [-0.3, -0.25) is 0 Å². The number of rotatable bonds is 6. The molecular weight excluding hydrogens is 326 g/mol. The van der Waals surface area contributed by atoms with Crippen LogP contribution in [0.3, 0.4) is 0 Å². The maximum Gasteiger partial charge on any atom is 0.122 e. The van der Waals surface area contributed by atoms with Gasteiger partial charge >= 0.3 is 0 Å². The highest BCUT2D eigenvalue weighted by Gasteiger charge is 2.05. The molecule has 0 aliphatic heterocycles. The molecule has 21 heavy (non-hydrogen) atoms. The summed E-state index contributed by atoms with van der Waals surface area (Å²) in [6.45, 7) is 5.88. The van der Waals surface area contributed by atoms with Gasteiger partial charge in [-0.05, 0) is 54.8 Å². The minimum atomic E-state index is 0.527. The van der Waals surface area contributed by atoms with Gasteiger partial charge in [0.1, 0.15) is 12.4 Å². The molecule has 3 heteroatoms. The van der Waals surface area contributed by atoms with E-state index in [4.69, 9.17) is 4.74 Å². The van der Waals surface area contributed by atoms with E-state index < -0.39 is 0 Å². The van der Waals surface area contributed by atoms with Crippen LogP contribution in [0.25, 0.3) is 0 Å². The Morgan fingerprint density at radius 3 is 2.48 bits per heavy atom. The molecular formula is C18H22BrNO. The zero-order chi connectivity index (χ0) is 15.2. The van der Waals surface area contributed by atoms with E-state index >= 15 is 0 Å². The van der Waals surface area contributed by atoms with Gasteiger partial charge in [-0.2, -0.15) is 0 Å². The second-order valence-electron chi connectivity index (χ2n) is 5.40. The molecule has 0 amide bonds. The molecule has 1 atom stereocenters. The van der Waals surface area contributed by atoms with Crippen LogP contribution in [0.15, 0.2) is 46.9 Å². The highest BCUT2D eigenvalue weighted by atomic mass is 79.9. The number of hydrogen-bond donors (Lipinski definition) is 1. The van der Waals surface area contributed by atoms with Gasteiger partial charge in [0.05, 0.1) is 0 Å². The molecule has 0 fully saturated rings. The van der Waals surface area contributed by atoms with Gasteiger partial charge in [-0.15, -0.1) is 0 Å². The average molecular weight is 348 g/mol. The zero-order valence-electron chi connectivity index (χ0n) is 12.8. The van der Waals surface area contributed by atoms with Crippen LogP contribution < -0.4 is 10.1 Å².